The Morgan fingerprint density at radius 3 is 1.76 bits per heavy atom. The van der Waals surface area contributed by atoms with Gasteiger partial charge in [0.25, 0.3) is 0 Å². The molecule has 3 rings (SSSR count). The fourth-order valence-corrected chi connectivity index (χ4v) is 4.35. The summed E-state index contributed by atoms with van der Waals surface area (Å²) in [5.74, 6) is 1.30. The van der Waals surface area contributed by atoms with Gasteiger partial charge in [-0.25, -0.2) is 0 Å². The number of hydrogen-bond donors (Lipinski definition) is 2. The normalized spacial score (nSPS) is 12.1. The molecule has 0 bridgehead atoms. The number of halogens is 2. The lowest BCUT2D eigenvalue weighted by atomic mass is 10.1. The van der Waals surface area contributed by atoms with E-state index in [9.17, 15) is 14.4 Å². The quantitative estimate of drug-likeness (QED) is 0.512. The molecule has 0 spiro atoms. The Bertz CT molecular complexity index is 944. The minimum atomic E-state index is -4.12. The molecule has 0 saturated carbocycles. The van der Waals surface area contributed by atoms with Crippen molar-refractivity contribution < 1.29 is 23.8 Å². The minimum Gasteiger partial charge on any atom is -0.495 e. The van der Waals surface area contributed by atoms with Crippen molar-refractivity contribution in [3.63, 3.8) is 0 Å². The van der Waals surface area contributed by atoms with Gasteiger partial charge in [-0.2, -0.15) is 0 Å². The highest BCUT2D eigenvalue weighted by molar-refractivity contribution is 9.11. The van der Waals surface area contributed by atoms with E-state index in [0.29, 0.717) is 11.5 Å². The lowest BCUT2D eigenvalue weighted by Gasteiger charge is -2.11. The van der Waals surface area contributed by atoms with Crippen LogP contribution in [-0.2, 0) is 11.1 Å². The molecule has 2 N–H and O–H groups in total. The minimum absolute atomic E-state index is 0.180. The Labute approximate surface area is 161 Å². The van der Waals surface area contributed by atoms with Crippen molar-refractivity contribution in [2.24, 2.45) is 0 Å². The van der Waals surface area contributed by atoms with E-state index in [1.807, 2.05) is 28.8 Å². The summed E-state index contributed by atoms with van der Waals surface area (Å²) in [7, 11) is -0.966. The lowest BCUT2D eigenvalue weighted by molar-refractivity contribution is 0.370. The summed E-state index contributed by atoms with van der Waals surface area (Å²) in [6.07, 6.45) is -0.247. The number of benzene rings is 2. The number of aromatic nitrogens is 1. The number of methoxy groups -OCH3 is 2. The molecule has 2 aromatic carbocycles. The zero-order chi connectivity index (χ0) is 18.4. The van der Waals surface area contributed by atoms with Crippen LogP contribution in [0.2, 0.25) is 0 Å². The molecule has 6 nitrogen and oxygen atoms in total. The smallest absolute Gasteiger partial charge is 0.327 e. The molecular weight excluding hydrogens is 477 g/mol. The van der Waals surface area contributed by atoms with Gasteiger partial charge in [0.2, 0.25) is 0 Å². The maximum absolute atomic E-state index is 11.4. The SMILES string of the molecule is COc1cc2c(cc1Br)c1cc(Br)c(OC)cc1n2CCP(=O)(O)O. The summed E-state index contributed by atoms with van der Waals surface area (Å²) in [5, 5.41) is 1.91. The Morgan fingerprint density at radius 2 is 1.40 bits per heavy atom. The second-order valence-corrected chi connectivity index (χ2v) is 9.03. The third-order valence-corrected chi connectivity index (χ3v) is 6.05. The first-order chi connectivity index (χ1) is 11.7. The van der Waals surface area contributed by atoms with Crippen molar-refractivity contribution in [1.29, 1.82) is 0 Å². The van der Waals surface area contributed by atoms with Gasteiger partial charge in [-0.1, -0.05) is 0 Å². The molecule has 134 valence electrons. The van der Waals surface area contributed by atoms with Crippen molar-refractivity contribution in [2.45, 2.75) is 6.54 Å². The average Bonchev–Trinajstić information content (AvgIpc) is 2.82. The van der Waals surface area contributed by atoms with Crippen LogP contribution in [0.4, 0.5) is 0 Å². The highest BCUT2D eigenvalue weighted by atomic mass is 79.9. The third-order valence-electron chi connectivity index (χ3n) is 4.03. The van der Waals surface area contributed by atoms with Gasteiger partial charge in [0.05, 0.1) is 40.4 Å². The number of rotatable bonds is 5. The Morgan fingerprint density at radius 1 is 0.960 bits per heavy atom. The average molecular weight is 493 g/mol. The van der Waals surface area contributed by atoms with Crippen LogP contribution in [0.5, 0.6) is 11.5 Å². The zero-order valence-corrected chi connectivity index (χ0v) is 17.6. The molecule has 0 amide bonds. The topological polar surface area (TPSA) is 80.9 Å². The number of ether oxygens (including phenoxy) is 2. The van der Waals surface area contributed by atoms with E-state index in [4.69, 9.17) is 9.47 Å². The first-order valence-corrected chi connectivity index (χ1v) is 10.7. The molecule has 0 aliphatic rings. The number of nitrogens with zero attached hydrogens (tertiary/aromatic N) is 1. The highest BCUT2D eigenvalue weighted by Gasteiger charge is 2.19. The Kier molecular flexibility index (Phi) is 5.19. The molecular formula is C16H16Br2NO5P. The summed E-state index contributed by atoms with van der Waals surface area (Å²) in [6, 6.07) is 7.62. The van der Waals surface area contributed by atoms with Crippen molar-refractivity contribution in [3.05, 3.63) is 33.2 Å². The summed E-state index contributed by atoms with van der Waals surface area (Å²) in [4.78, 5) is 18.6. The van der Waals surface area contributed by atoms with Gasteiger partial charge >= 0.3 is 7.60 Å². The van der Waals surface area contributed by atoms with Crippen molar-refractivity contribution in [2.75, 3.05) is 20.4 Å². The van der Waals surface area contributed by atoms with Crippen molar-refractivity contribution in [3.8, 4) is 11.5 Å². The van der Waals surface area contributed by atoms with Crippen LogP contribution >= 0.6 is 39.5 Å². The second kappa shape index (κ2) is 6.93. The molecule has 0 radical (unpaired) electrons. The maximum atomic E-state index is 11.4. The highest BCUT2D eigenvalue weighted by Crippen LogP contribution is 2.41. The molecule has 3 aromatic rings. The van der Waals surface area contributed by atoms with Gasteiger partial charge in [-0.3, -0.25) is 4.57 Å². The largest absolute Gasteiger partial charge is 0.495 e. The van der Waals surface area contributed by atoms with E-state index < -0.39 is 7.60 Å². The molecule has 0 atom stereocenters. The molecule has 9 heteroatoms. The van der Waals surface area contributed by atoms with Crippen LogP contribution in [0.3, 0.4) is 0 Å². The van der Waals surface area contributed by atoms with Crippen LogP contribution in [-0.4, -0.2) is 34.7 Å². The summed E-state index contributed by atoms with van der Waals surface area (Å²) in [5.41, 5.74) is 1.67. The zero-order valence-electron chi connectivity index (χ0n) is 13.5. The summed E-state index contributed by atoms with van der Waals surface area (Å²) in [6.45, 7) is 0.180. The monoisotopic (exact) mass is 491 g/mol. The van der Waals surface area contributed by atoms with Gasteiger partial charge in [-0.05, 0) is 44.0 Å². The van der Waals surface area contributed by atoms with E-state index in [1.165, 1.54) is 0 Å². The van der Waals surface area contributed by atoms with Crippen LogP contribution in [0.15, 0.2) is 33.2 Å². The van der Waals surface area contributed by atoms with E-state index in [0.717, 1.165) is 30.8 Å². The maximum Gasteiger partial charge on any atom is 0.327 e. The second-order valence-electron chi connectivity index (χ2n) is 5.55. The van der Waals surface area contributed by atoms with Gasteiger partial charge in [0, 0.05) is 29.4 Å². The van der Waals surface area contributed by atoms with E-state index in [2.05, 4.69) is 31.9 Å². The Hall–Kier alpha value is -1.05. The third kappa shape index (κ3) is 3.59. The summed E-state index contributed by atoms with van der Waals surface area (Å²) >= 11 is 6.99. The number of fused-ring (bicyclic) bond motifs is 3. The summed E-state index contributed by atoms with van der Waals surface area (Å²) < 4.78 is 25.6. The van der Waals surface area contributed by atoms with Crippen LogP contribution < -0.4 is 9.47 Å². The molecule has 0 aliphatic heterocycles. The molecule has 0 aliphatic carbocycles. The fourth-order valence-electron chi connectivity index (χ4n) is 2.88. The molecule has 0 fully saturated rings. The van der Waals surface area contributed by atoms with Crippen LogP contribution in [0.1, 0.15) is 0 Å². The first-order valence-electron chi connectivity index (χ1n) is 7.32. The van der Waals surface area contributed by atoms with E-state index >= 15 is 0 Å². The lowest BCUT2D eigenvalue weighted by Crippen LogP contribution is -2.03. The predicted molar refractivity (Wildman–Crippen MR) is 105 cm³/mol. The van der Waals surface area contributed by atoms with E-state index in [-0.39, 0.29) is 12.7 Å². The molecule has 0 unspecified atom stereocenters. The predicted octanol–water partition coefficient (Wildman–Crippen LogP) is 4.51. The van der Waals surface area contributed by atoms with Crippen LogP contribution in [0.25, 0.3) is 21.8 Å². The molecule has 1 aromatic heterocycles. The van der Waals surface area contributed by atoms with Gasteiger partial charge < -0.3 is 23.8 Å². The van der Waals surface area contributed by atoms with Gasteiger partial charge in [0.15, 0.2) is 0 Å². The van der Waals surface area contributed by atoms with Crippen molar-refractivity contribution >= 4 is 61.3 Å². The van der Waals surface area contributed by atoms with Gasteiger partial charge in [0.1, 0.15) is 11.5 Å². The first kappa shape index (κ1) is 18.7. The molecule has 0 saturated heterocycles. The molecule has 25 heavy (non-hydrogen) atoms. The standard InChI is InChI=1S/C16H16Br2NO5P/c1-23-15-7-13-9(5-11(15)17)10-6-12(18)16(24-2)8-14(10)19(13)3-4-25(20,21)22/h5-8H,3-4H2,1-2H3,(H2,20,21,22). The Balaban J connectivity index is 2.35. The van der Waals surface area contributed by atoms with Crippen LogP contribution in [0, 0.1) is 0 Å². The fraction of sp³-hybridized carbons (Fsp3) is 0.250. The van der Waals surface area contributed by atoms with E-state index in [1.54, 1.807) is 14.2 Å². The van der Waals surface area contributed by atoms with Crippen molar-refractivity contribution in [1.82, 2.24) is 4.57 Å². The number of aryl methyl sites for hydroxylation is 1. The van der Waals surface area contributed by atoms with Gasteiger partial charge in [-0.15, -0.1) is 0 Å². The molecule has 1 heterocycles. The number of hydrogen-bond acceptors (Lipinski definition) is 3.